The first kappa shape index (κ1) is 14.2. The van der Waals surface area contributed by atoms with Crippen LogP contribution in [0.3, 0.4) is 0 Å². The van der Waals surface area contributed by atoms with Crippen molar-refractivity contribution in [1.29, 1.82) is 0 Å². The zero-order valence-corrected chi connectivity index (χ0v) is 13.1. The minimum absolute atomic E-state index is 0.178. The Morgan fingerprint density at radius 3 is 2.78 bits per heavy atom. The van der Waals surface area contributed by atoms with E-state index >= 15 is 0 Å². The van der Waals surface area contributed by atoms with E-state index in [1.54, 1.807) is 0 Å². The Kier molecular flexibility index (Phi) is 3.73. The Labute approximate surface area is 135 Å². The summed E-state index contributed by atoms with van der Waals surface area (Å²) in [5.41, 5.74) is 3.80. The molecule has 1 fully saturated rings. The summed E-state index contributed by atoms with van der Waals surface area (Å²) in [5.74, 6) is 0.396. The van der Waals surface area contributed by atoms with Gasteiger partial charge in [0.2, 0.25) is 0 Å². The van der Waals surface area contributed by atoms with Gasteiger partial charge in [-0.25, -0.2) is 4.98 Å². The van der Waals surface area contributed by atoms with E-state index in [9.17, 15) is 4.79 Å². The van der Waals surface area contributed by atoms with Gasteiger partial charge in [0, 0.05) is 24.3 Å². The number of rotatable bonds is 3. The largest absolute Gasteiger partial charge is 0.370 e. The standard InChI is InChI=1S/C17H21N5O/c23-17(16-13-5-4-6-14(13)20-21-16)19-15-8-7-12(11-18-15)22-9-2-1-3-10-22/h7-8,11H,1-6,9-10H2,(H,20,21)(H,18,19,23). The lowest BCUT2D eigenvalue weighted by Gasteiger charge is -2.28. The molecule has 0 spiro atoms. The zero-order valence-electron chi connectivity index (χ0n) is 13.1. The number of hydrogen-bond acceptors (Lipinski definition) is 4. The van der Waals surface area contributed by atoms with E-state index in [2.05, 4.69) is 25.4 Å². The number of amides is 1. The fraction of sp³-hybridized carbons (Fsp3) is 0.471. The molecule has 0 atom stereocenters. The van der Waals surface area contributed by atoms with Gasteiger partial charge in [-0.05, 0) is 50.7 Å². The summed E-state index contributed by atoms with van der Waals surface area (Å²) in [4.78, 5) is 19.1. The summed E-state index contributed by atoms with van der Waals surface area (Å²) in [5, 5.41) is 9.97. The normalized spacial score (nSPS) is 17.1. The highest BCUT2D eigenvalue weighted by Crippen LogP contribution is 2.24. The predicted molar refractivity (Wildman–Crippen MR) is 88.9 cm³/mol. The number of fused-ring (bicyclic) bond motifs is 1. The number of aromatic nitrogens is 3. The Balaban J connectivity index is 1.45. The fourth-order valence-corrected chi connectivity index (χ4v) is 3.48. The number of hydrogen-bond donors (Lipinski definition) is 2. The Morgan fingerprint density at radius 1 is 1.13 bits per heavy atom. The molecule has 0 bridgehead atoms. The number of carbonyl (C=O) groups excluding carboxylic acids is 1. The molecule has 0 saturated carbocycles. The van der Waals surface area contributed by atoms with Gasteiger partial charge in [-0.1, -0.05) is 0 Å². The third-order valence-corrected chi connectivity index (χ3v) is 4.73. The van der Waals surface area contributed by atoms with Crippen LogP contribution in [0.25, 0.3) is 0 Å². The molecule has 4 rings (SSSR count). The van der Waals surface area contributed by atoms with Crippen LogP contribution in [0.2, 0.25) is 0 Å². The summed E-state index contributed by atoms with van der Waals surface area (Å²) in [6.45, 7) is 2.18. The van der Waals surface area contributed by atoms with Crippen molar-refractivity contribution in [3.8, 4) is 0 Å². The minimum atomic E-state index is -0.178. The summed E-state index contributed by atoms with van der Waals surface area (Å²) < 4.78 is 0. The van der Waals surface area contributed by atoms with E-state index in [0.717, 1.165) is 49.3 Å². The first-order valence-corrected chi connectivity index (χ1v) is 8.40. The molecule has 6 heteroatoms. The molecule has 3 heterocycles. The van der Waals surface area contributed by atoms with Crippen LogP contribution >= 0.6 is 0 Å². The molecule has 120 valence electrons. The average molecular weight is 311 g/mol. The molecule has 2 aromatic heterocycles. The van der Waals surface area contributed by atoms with E-state index in [4.69, 9.17) is 0 Å². The van der Waals surface area contributed by atoms with Crippen LogP contribution < -0.4 is 10.2 Å². The molecular weight excluding hydrogens is 290 g/mol. The summed E-state index contributed by atoms with van der Waals surface area (Å²) in [6.07, 6.45) is 8.63. The van der Waals surface area contributed by atoms with Crippen LogP contribution in [-0.2, 0) is 12.8 Å². The van der Waals surface area contributed by atoms with Crippen molar-refractivity contribution in [3.05, 3.63) is 35.3 Å². The first-order chi connectivity index (χ1) is 11.3. The van der Waals surface area contributed by atoms with E-state index in [1.807, 2.05) is 18.3 Å². The molecular formula is C17H21N5O. The van der Waals surface area contributed by atoms with Gasteiger partial charge >= 0.3 is 0 Å². The van der Waals surface area contributed by atoms with Crippen molar-refractivity contribution in [3.63, 3.8) is 0 Å². The Hall–Kier alpha value is -2.37. The number of nitrogens with zero attached hydrogens (tertiary/aromatic N) is 3. The van der Waals surface area contributed by atoms with E-state index < -0.39 is 0 Å². The quantitative estimate of drug-likeness (QED) is 0.913. The topological polar surface area (TPSA) is 73.9 Å². The van der Waals surface area contributed by atoms with Crippen molar-refractivity contribution in [2.75, 3.05) is 23.3 Å². The minimum Gasteiger partial charge on any atom is -0.370 e. The van der Waals surface area contributed by atoms with Gasteiger partial charge in [0.25, 0.3) is 5.91 Å². The molecule has 2 N–H and O–H groups in total. The molecule has 0 radical (unpaired) electrons. The molecule has 0 unspecified atom stereocenters. The lowest BCUT2D eigenvalue weighted by Crippen LogP contribution is -2.29. The predicted octanol–water partition coefficient (Wildman–Crippen LogP) is 2.54. The lowest BCUT2D eigenvalue weighted by molar-refractivity contribution is 0.102. The van der Waals surface area contributed by atoms with Crippen molar-refractivity contribution in [2.24, 2.45) is 0 Å². The van der Waals surface area contributed by atoms with Crippen molar-refractivity contribution in [1.82, 2.24) is 15.2 Å². The zero-order chi connectivity index (χ0) is 15.6. The first-order valence-electron chi connectivity index (χ1n) is 8.40. The molecule has 2 aromatic rings. The second-order valence-corrected chi connectivity index (χ2v) is 6.29. The third kappa shape index (κ3) is 2.81. The summed E-state index contributed by atoms with van der Waals surface area (Å²) in [6, 6.07) is 3.90. The number of H-pyrrole nitrogens is 1. The maximum Gasteiger partial charge on any atom is 0.277 e. The SMILES string of the molecule is O=C(Nc1ccc(N2CCCCC2)cn1)c1n[nH]c2c1CCC2. The maximum atomic E-state index is 12.4. The number of piperidine rings is 1. The molecule has 6 nitrogen and oxygen atoms in total. The van der Waals surface area contributed by atoms with Crippen LogP contribution in [0.4, 0.5) is 11.5 Å². The molecule has 1 aliphatic heterocycles. The van der Waals surface area contributed by atoms with Gasteiger partial charge < -0.3 is 10.2 Å². The van der Waals surface area contributed by atoms with Crippen LogP contribution in [0, 0.1) is 0 Å². The van der Waals surface area contributed by atoms with E-state index in [0.29, 0.717) is 11.5 Å². The van der Waals surface area contributed by atoms with Crippen molar-refractivity contribution >= 4 is 17.4 Å². The van der Waals surface area contributed by atoms with Gasteiger partial charge in [0.1, 0.15) is 5.82 Å². The highest BCUT2D eigenvalue weighted by Gasteiger charge is 2.23. The second kappa shape index (κ2) is 6.02. The van der Waals surface area contributed by atoms with Crippen LogP contribution in [-0.4, -0.2) is 34.2 Å². The monoisotopic (exact) mass is 311 g/mol. The highest BCUT2D eigenvalue weighted by molar-refractivity contribution is 6.03. The second-order valence-electron chi connectivity index (χ2n) is 6.29. The summed E-state index contributed by atoms with van der Waals surface area (Å²) >= 11 is 0. The maximum absolute atomic E-state index is 12.4. The van der Waals surface area contributed by atoms with E-state index in [-0.39, 0.29) is 5.91 Å². The van der Waals surface area contributed by atoms with Gasteiger partial charge in [0.15, 0.2) is 5.69 Å². The van der Waals surface area contributed by atoms with Crippen molar-refractivity contribution < 1.29 is 4.79 Å². The Bertz CT molecular complexity index is 700. The number of aryl methyl sites for hydroxylation is 1. The van der Waals surface area contributed by atoms with Gasteiger partial charge in [-0.2, -0.15) is 5.10 Å². The smallest absolute Gasteiger partial charge is 0.277 e. The van der Waals surface area contributed by atoms with Gasteiger partial charge in [0.05, 0.1) is 11.9 Å². The molecule has 0 aromatic carbocycles. The van der Waals surface area contributed by atoms with E-state index in [1.165, 1.54) is 19.3 Å². The Morgan fingerprint density at radius 2 is 2.00 bits per heavy atom. The molecule has 2 aliphatic rings. The third-order valence-electron chi connectivity index (χ3n) is 4.73. The number of pyridine rings is 1. The molecule has 1 aliphatic carbocycles. The van der Waals surface area contributed by atoms with Gasteiger partial charge in [-0.15, -0.1) is 0 Å². The van der Waals surface area contributed by atoms with Crippen LogP contribution in [0.15, 0.2) is 18.3 Å². The highest BCUT2D eigenvalue weighted by atomic mass is 16.2. The summed E-state index contributed by atoms with van der Waals surface area (Å²) in [7, 11) is 0. The number of nitrogens with one attached hydrogen (secondary N) is 2. The van der Waals surface area contributed by atoms with Crippen LogP contribution in [0.1, 0.15) is 47.4 Å². The number of anilines is 2. The average Bonchev–Trinajstić information content (AvgIpc) is 3.19. The number of aromatic amines is 1. The molecule has 1 saturated heterocycles. The lowest BCUT2D eigenvalue weighted by atomic mass is 10.1. The fourth-order valence-electron chi connectivity index (χ4n) is 3.48. The van der Waals surface area contributed by atoms with Gasteiger partial charge in [-0.3, -0.25) is 9.89 Å². The van der Waals surface area contributed by atoms with Crippen LogP contribution in [0.5, 0.6) is 0 Å². The van der Waals surface area contributed by atoms with Crippen molar-refractivity contribution in [2.45, 2.75) is 38.5 Å². The molecule has 1 amide bonds. The number of carbonyl (C=O) groups is 1. The molecule has 23 heavy (non-hydrogen) atoms.